The second kappa shape index (κ2) is 7.36. The molecule has 0 spiro atoms. The van der Waals surface area contributed by atoms with Gasteiger partial charge in [-0.1, -0.05) is 11.6 Å². The van der Waals surface area contributed by atoms with E-state index in [1.165, 1.54) is 0 Å². The van der Waals surface area contributed by atoms with Gasteiger partial charge in [0.15, 0.2) is 6.61 Å². The molecule has 2 N–H and O–H groups in total. The SMILES string of the molecule is Cc1cc(Cl)ccc1OCC(=O)NNC(=O)[C@H]1CS[C@@]2(C)CCC(=O)N12. The van der Waals surface area contributed by atoms with Gasteiger partial charge in [-0.05, 0) is 44.0 Å². The van der Waals surface area contributed by atoms with E-state index in [-0.39, 0.29) is 17.4 Å². The van der Waals surface area contributed by atoms with Crippen LogP contribution in [0.2, 0.25) is 5.02 Å². The molecule has 2 atom stereocenters. The second-order valence-electron chi connectivity index (χ2n) is 6.50. The Morgan fingerprint density at radius 1 is 1.42 bits per heavy atom. The molecule has 0 radical (unpaired) electrons. The van der Waals surface area contributed by atoms with Crippen molar-refractivity contribution >= 4 is 41.1 Å². The third-order valence-corrected chi connectivity index (χ3v) is 6.31. The van der Waals surface area contributed by atoms with Crippen molar-refractivity contribution in [2.24, 2.45) is 0 Å². The quantitative estimate of drug-likeness (QED) is 0.754. The number of hydrogen-bond donors (Lipinski definition) is 2. The first-order chi connectivity index (χ1) is 12.3. The average Bonchev–Trinajstić information content (AvgIpc) is 3.08. The topological polar surface area (TPSA) is 87.7 Å². The summed E-state index contributed by atoms with van der Waals surface area (Å²) in [6, 6.07) is 4.52. The van der Waals surface area contributed by atoms with Gasteiger partial charge in [-0.2, -0.15) is 0 Å². The third-order valence-electron chi connectivity index (χ3n) is 4.57. The molecule has 7 nitrogen and oxygen atoms in total. The van der Waals surface area contributed by atoms with Crippen molar-refractivity contribution in [3.05, 3.63) is 28.8 Å². The molecular weight excluding hydrogens is 378 g/mol. The molecule has 3 amide bonds. The monoisotopic (exact) mass is 397 g/mol. The number of halogens is 1. The number of fused-ring (bicyclic) bond motifs is 1. The van der Waals surface area contributed by atoms with E-state index in [1.54, 1.807) is 34.9 Å². The first kappa shape index (κ1) is 18.8. The van der Waals surface area contributed by atoms with E-state index in [2.05, 4.69) is 10.9 Å². The number of carbonyl (C=O) groups is 3. The Balaban J connectivity index is 1.48. The summed E-state index contributed by atoms with van der Waals surface area (Å²) < 4.78 is 5.42. The number of nitrogens with one attached hydrogen (secondary N) is 2. The van der Waals surface area contributed by atoms with Gasteiger partial charge >= 0.3 is 0 Å². The van der Waals surface area contributed by atoms with Crippen molar-refractivity contribution < 1.29 is 19.1 Å². The van der Waals surface area contributed by atoms with Crippen molar-refractivity contribution in [1.29, 1.82) is 0 Å². The van der Waals surface area contributed by atoms with Crippen LogP contribution in [0.5, 0.6) is 5.75 Å². The number of hydrazine groups is 1. The lowest BCUT2D eigenvalue weighted by atomic mass is 10.2. The summed E-state index contributed by atoms with van der Waals surface area (Å²) in [5, 5.41) is 0.587. The molecule has 0 unspecified atom stereocenters. The lowest BCUT2D eigenvalue weighted by Gasteiger charge is -2.29. The van der Waals surface area contributed by atoms with Gasteiger partial charge in [0.25, 0.3) is 11.8 Å². The fourth-order valence-electron chi connectivity index (χ4n) is 3.18. The van der Waals surface area contributed by atoms with Crippen LogP contribution in [0.1, 0.15) is 25.3 Å². The summed E-state index contributed by atoms with van der Waals surface area (Å²) in [4.78, 5) is 37.6. The highest BCUT2D eigenvalue weighted by Crippen LogP contribution is 2.47. The highest BCUT2D eigenvalue weighted by atomic mass is 35.5. The van der Waals surface area contributed by atoms with E-state index in [1.807, 2.05) is 13.8 Å². The predicted molar refractivity (Wildman–Crippen MR) is 98.7 cm³/mol. The van der Waals surface area contributed by atoms with E-state index >= 15 is 0 Å². The molecule has 140 valence electrons. The number of hydrogen-bond acceptors (Lipinski definition) is 5. The zero-order valence-electron chi connectivity index (χ0n) is 14.5. The van der Waals surface area contributed by atoms with Crippen LogP contribution >= 0.6 is 23.4 Å². The number of nitrogens with zero attached hydrogens (tertiary/aromatic N) is 1. The zero-order valence-corrected chi connectivity index (χ0v) is 16.1. The van der Waals surface area contributed by atoms with Gasteiger partial charge in [-0.15, -0.1) is 11.8 Å². The van der Waals surface area contributed by atoms with E-state index in [0.717, 1.165) is 12.0 Å². The minimum Gasteiger partial charge on any atom is -0.483 e. The number of rotatable bonds is 4. The summed E-state index contributed by atoms with van der Waals surface area (Å²) in [7, 11) is 0. The normalized spacial score (nSPS) is 24.3. The lowest BCUT2D eigenvalue weighted by molar-refractivity contribution is -0.139. The maximum Gasteiger partial charge on any atom is 0.276 e. The first-order valence-corrected chi connectivity index (χ1v) is 9.60. The smallest absolute Gasteiger partial charge is 0.276 e. The van der Waals surface area contributed by atoms with Crippen LogP contribution < -0.4 is 15.6 Å². The van der Waals surface area contributed by atoms with Crippen LogP contribution in [0.3, 0.4) is 0 Å². The largest absolute Gasteiger partial charge is 0.483 e. The minimum absolute atomic E-state index is 0.0227. The van der Waals surface area contributed by atoms with Gasteiger partial charge in [-0.25, -0.2) is 0 Å². The fraction of sp³-hybridized carbons (Fsp3) is 0.471. The van der Waals surface area contributed by atoms with E-state index < -0.39 is 17.9 Å². The van der Waals surface area contributed by atoms with Crippen molar-refractivity contribution in [1.82, 2.24) is 15.8 Å². The van der Waals surface area contributed by atoms with Crippen LogP contribution in [0.15, 0.2) is 18.2 Å². The number of ether oxygens (including phenoxy) is 1. The fourth-order valence-corrected chi connectivity index (χ4v) is 4.84. The molecule has 2 aliphatic rings. The van der Waals surface area contributed by atoms with Gasteiger partial charge in [0.2, 0.25) is 5.91 Å². The van der Waals surface area contributed by atoms with E-state index in [4.69, 9.17) is 16.3 Å². The van der Waals surface area contributed by atoms with Gasteiger partial charge in [-0.3, -0.25) is 25.2 Å². The number of carbonyl (C=O) groups excluding carboxylic acids is 3. The Labute approximate surface area is 160 Å². The van der Waals surface area contributed by atoms with E-state index in [0.29, 0.717) is 22.9 Å². The van der Waals surface area contributed by atoms with Crippen LogP contribution in [0.4, 0.5) is 0 Å². The second-order valence-corrected chi connectivity index (χ2v) is 8.44. The highest BCUT2D eigenvalue weighted by Gasteiger charge is 2.52. The average molecular weight is 398 g/mol. The zero-order chi connectivity index (χ0) is 18.9. The lowest BCUT2D eigenvalue weighted by Crippen LogP contribution is -2.54. The number of amides is 3. The Kier molecular flexibility index (Phi) is 5.34. The summed E-state index contributed by atoms with van der Waals surface area (Å²) in [6.07, 6.45) is 1.19. The van der Waals surface area contributed by atoms with Crippen LogP contribution in [-0.4, -0.2) is 45.9 Å². The Bertz CT molecular complexity index is 760. The molecule has 2 heterocycles. The Hall–Kier alpha value is -1.93. The van der Waals surface area contributed by atoms with Crippen LogP contribution in [-0.2, 0) is 14.4 Å². The Morgan fingerprint density at radius 2 is 2.19 bits per heavy atom. The van der Waals surface area contributed by atoms with Crippen molar-refractivity contribution in [2.45, 2.75) is 37.6 Å². The van der Waals surface area contributed by atoms with Crippen molar-refractivity contribution in [3.63, 3.8) is 0 Å². The molecule has 0 bridgehead atoms. The summed E-state index contributed by atoms with van der Waals surface area (Å²) >= 11 is 7.47. The molecule has 2 aliphatic heterocycles. The maximum atomic E-state index is 12.4. The number of thioether (sulfide) groups is 1. The van der Waals surface area contributed by atoms with Gasteiger partial charge in [0.1, 0.15) is 11.8 Å². The summed E-state index contributed by atoms with van der Waals surface area (Å²) in [6.45, 7) is 3.54. The molecule has 0 aliphatic carbocycles. The number of benzene rings is 1. The molecule has 3 rings (SSSR count). The third kappa shape index (κ3) is 3.76. The molecular formula is C17H20ClN3O4S. The molecule has 9 heteroatoms. The molecule has 0 saturated carbocycles. The summed E-state index contributed by atoms with van der Waals surface area (Å²) in [5.74, 6) is 0.151. The first-order valence-electron chi connectivity index (χ1n) is 8.24. The Morgan fingerprint density at radius 3 is 2.92 bits per heavy atom. The van der Waals surface area contributed by atoms with Crippen LogP contribution in [0.25, 0.3) is 0 Å². The van der Waals surface area contributed by atoms with Gasteiger partial charge in [0, 0.05) is 17.2 Å². The number of aryl methyl sites for hydroxylation is 1. The van der Waals surface area contributed by atoms with Crippen LogP contribution in [0, 0.1) is 6.92 Å². The molecule has 26 heavy (non-hydrogen) atoms. The standard InChI is InChI=1S/C17H20ClN3O4S/c1-10-7-11(18)3-4-13(10)25-8-14(22)19-20-16(24)12-9-26-17(2)6-5-15(23)21(12)17/h3-4,7,12H,5-6,8-9H2,1-2H3,(H,19,22)(H,20,24)/t12-,17+/m1/s1. The molecule has 0 aromatic heterocycles. The maximum absolute atomic E-state index is 12.4. The molecule has 1 aromatic rings. The van der Waals surface area contributed by atoms with Crippen molar-refractivity contribution in [3.8, 4) is 5.75 Å². The molecule has 2 fully saturated rings. The van der Waals surface area contributed by atoms with Gasteiger partial charge in [0.05, 0.1) is 4.87 Å². The minimum atomic E-state index is -0.570. The highest BCUT2D eigenvalue weighted by molar-refractivity contribution is 8.01. The van der Waals surface area contributed by atoms with E-state index in [9.17, 15) is 14.4 Å². The molecule has 2 saturated heterocycles. The van der Waals surface area contributed by atoms with Crippen molar-refractivity contribution in [2.75, 3.05) is 12.4 Å². The summed E-state index contributed by atoms with van der Waals surface area (Å²) in [5.41, 5.74) is 5.53. The predicted octanol–water partition coefficient (Wildman–Crippen LogP) is 1.63. The molecule has 1 aromatic carbocycles. The van der Waals surface area contributed by atoms with Gasteiger partial charge < -0.3 is 9.64 Å².